The summed E-state index contributed by atoms with van der Waals surface area (Å²) in [6.45, 7) is 6.50. The minimum atomic E-state index is 0.778. The minimum Gasteiger partial charge on any atom is -0.273 e. The second-order valence-electron chi connectivity index (χ2n) is 1.73. The fourth-order valence-electron chi connectivity index (χ4n) is 0. The summed E-state index contributed by atoms with van der Waals surface area (Å²) in [6.07, 6.45) is 0. The van der Waals surface area contributed by atoms with Crippen molar-refractivity contribution in [3.05, 3.63) is 0 Å². The van der Waals surface area contributed by atoms with Crippen LogP contribution in [0.3, 0.4) is 0 Å². The molecule has 0 aliphatic heterocycles. The number of rotatable bonds is 0. The molecule has 2 heteroatoms. The molecule has 0 aliphatic rings. The molecule has 0 spiro atoms. The molecule has 0 aromatic rings. The third-order valence-corrected chi connectivity index (χ3v) is 0. The zero-order valence-electron chi connectivity index (χ0n) is 4.96. The largest absolute Gasteiger partial charge is 0.353 e. The molecule has 0 nitrogen and oxygen atoms in total. The number of hydrogen-bond donors (Lipinski definition) is 0. The summed E-state index contributed by atoms with van der Waals surface area (Å²) in [5, 5.41) is 0. The van der Waals surface area contributed by atoms with Gasteiger partial charge >= 0.3 is 15.4 Å². The molecule has 6 heavy (non-hydrogen) atoms. The van der Waals surface area contributed by atoms with Gasteiger partial charge in [0.1, 0.15) is 0 Å². The first-order chi connectivity index (χ1) is 2.73. The van der Waals surface area contributed by atoms with Crippen LogP contribution in [-0.2, 0) is 0 Å². The van der Waals surface area contributed by atoms with E-state index in [-0.39, 0.29) is 0 Å². The van der Waals surface area contributed by atoms with Crippen LogP contribution >= 0.6 is 10.0 Å². The summed E-state index contributed by atoms with van der Waals surface area (Å²) < 4.78 is 0. The van der Waals surface area contributed by atoms with Crippen molar-refractivity contribution in [2.24, 2.45) is 5.92 Å². The molecule has 0 bridgehead atoms. The minimum absolute atomic E-state index is 0.778. The zero-order chi connectivity index (χ0) is 5.58. The van der Waals surface area contributed by atoms with Crippen molar-refractivity contribution in [3.63, 3.8) is 0 Å². The maximum Gasteiger partial charge on any atom is 0.353 e. The smallest absolute Gasteiger partial charge is 0.273 e. The van der Waals surface area contributed by atoms with Gasteiger partial charge in [-0.15, -0.1) is 0 Å². The van der Waals surface area contributed by atoms with Crippen molar-refractivity contribution >= 4 is 25.4 Å². The van der Waals surface area contributed by atoms with Gasteiger partial charge in [0.25, 0.3) is 0 Å². The molecule has 38 valence electrons. The highest BCUT2D eigenvalue weighted by atomic mass is 35.6. The van der Waals surface area contributed by atoms with E-state index >= 15 is 0 Å². The predicted octanol–water partition coefficient (Wildman–Crippen LogP) is 1.44. The summed E-state index contributed by atoms with van der Waals surface area (Å²) >= 11 is 0.778. The lowest BCUT2D eigenvalue weighted by Crippen LogP contribution is -1.66. The van der Waals surface area contributed by atoms with E-state index in [0.29, 0.717) is 0 Å². The Balaban J connectivity index is 0. The van der Waals surface area contributed by atoms with E-state index in [1.807, 2.05) is 0 Å². The zero-order valence-corrected chi connectivity index (χ0v) is 7.71. The lowest BCUT2D eigenvalue weighted by molar-refractivity contribution is 0.737. The summed E-state index contributed by atoms with van der Waals surface area (Å²) in [4.78, 5) is 0. The van der Waals surface area contributed by atoms with Gasteiger partial charge in [0.05, 0.1) is 0 Å². The average molecular weight is 123 g/mol. The average Bonchev–Trinajstić information content (AvgIpc) is 1.41. The Hall–Kier alpha value is 0.822. The van der Waals surface area contributed by atoms with Crippen LogP contribution in [0.15, 0.2) is 0 Å². The maximum absolute atomic E-state index is 4.78. The SMILES string of the molecule is CC(C)C.[AlH2][Cl]. The van der Waals surface area contributed by atoms with Crippen LogP contribution in [-0.4, -0.2) is 15.4 Å². The summed E-state index contributed by atoms with van der Waals surface area (Å²) in [7, 11) is 4.78. The van der Waals surface area contributed by atoms with Crippen molar-refractivity contribution in [3.8, 4) is 0 Å². The topological polar surface area (TPSA) is 0 Å². The molecule has 0 radical (unpaired) electrons. The highest BCUT2D eigenvalue weighted by Gasteiger charge is 1.68. The predicted molar refractivity (Wildman–Crippen MR) is 34.9 cm³/mol. The fourth-order valence-corrected chi connectivity index (χ4v) is 0. The molecule has 0 unspecified atom stereocenters. The molecule has 0 amide bonds. The first-order valence-electron chi connectivity index (χ1n) is 2.11. The molecular formula is C4H12AlCl. The molecule has 0 aromatic heterocycles. The first-order valence-corrected chi connectivity index (χ1v) is 5.13. The Bertz CT molecular complexity index is 12.3. The van der Waals surface area contributed by atoms with E-state index in [1.165, 1.54) is 0 Å². The van der Waals surface area contributed by atoms with Crippen LogP contribution < -0.4 is 0 Å². The number of halogens is 1. The van der Waals surface area contributed by atoms with Crippen molar-refractivity contribution in [1.82, 2.24) is 0 Å². The first kappa shape index (κ1) is 9.95. The van der Waals surface area contributed by atoms with Crippen LogP contribution in [0, 0.1) is 5.92 Å². The lowest BCUT2D eigenvalue weighted by Gasteiger charge is -1.79. The standard InChI is InChI=1S/C4H10.Al.ClH.2H/c1-4(2)3;;;;/h4H,1-3H3;;1H;;/q;+1;;;/p-1. The third kappa shape index (κ3) is 104. The van der Waals surface area contributed by atoms with Crippen molar-refractivity contribution in [2.75, 3.05) is 0 Å². The molecule has 0 rings (SSSR count). The molecule has 0 aromatic carbocycles. The second kappa shape index (κ2) is 9.27. The van der Waals surface area contributed by atoms with Crippen molar-refractivity contribution in [1.29, 1.82) is 0 Å². The van der Waals surface area contributed by atoms with E-state index < -0.39 is 0 Å². The molecule has 0 fully saturated rings. The van der Waals surface area contributed by atoms with Gasteiger partial charge < -0.3 is 0 Å². The van der Waals surface area contributed by atoms with E-state index in [4.69, 9.17) is 10.0 Å². The molecule has 0 heterocycles. The normalized spacial score (nSPS) is 6.83. The van der Waals surface area contributed by atoms with Crippen molar-refractivity contribution in [2.45, 2.75) is 20.8 Å². The maximum atomic E-state index is 4.78. The Morgan fingerprint density at radius 2 is 1.17 bits per heavy atom. The van der Waals surface area contributed by atoms with E-state index in [1.54, 1.807) is 0 Å². The second-order valence-corrected chi connectivity index (χ2v) is 1.73. The van der Waals surface area contributed by atoms with Crippen LogP contribution in [0.5, 0.6) is 0 Å². The fraction of sp³-hybridized carbons (Fsp3) is 1.00. The van der Waals surface area contributed by atoms with E-state index in [2.05, 4.69) is 20.8 Å². The molecule has 0 N–H and O–H groups in total. The Morgan fingerprint density at radius 3 is 1.17 bits per heavy atom. The Kier molecular flexibility index (Phi) is 15.4. The van der Waals surface area contributed by atoms with Crippen LogP contribution in [0.1, 0.15) is 20.8 Å². The van der Waals surface area contributed by atoms with Gasteiger partial charge in [-0.1, -0.05) is 20.8 Å². The third-order valence-electron chi connectivity index (χ3n) is 0. The Labute approximate surface area is 52.5 Å². The van der Waals surface area contributed by atoms with Crippen molar-refractivity contribution < 1.29 is 0 Å². The van der Waals surface area contributed by atoms with Gasteiger partial charge in [0.2, 0.25) is 0 Å². The van der Waals surface area contributed by atoms with Crippen LogP contribution in [0.25, 0.3) is 0 Å². The summed E-state index contributed by atoms with van der Waals surface area (Å²) in [5.41, 5.74) is 0. The van der Waals surface area contributed by atoms with Gasteiger partial charge in [-0.3, -0.25) is 10.0 Å². The quantitative estimate of drug-likeness (QED) is 0.427. The molecule has 0 atom stereocenters. The van der Waals surface area contributed by atoms with Gasteiger partial charge in [-0.05, 0) is 5.92 Å². The summed E-state index contributed by atoms with van der Waals surface area (Å²) in [6, 6.07) is 0. The van der Waals surface area contributed by atoms with E-state index in [0.717, 1.165) is 21.3 Å². The van der Waals surface area contributed by atoms with Gasteiger partial charge in [-0.2, -0.15) is 0 Å². The monoisotopic (exact) mass is 122 g/mol. The molecule has 0 aliphatic carbocycles. The Morgan fingerprint density at radius 1 is 1.17 bits per heavy atom. The molecule has 0 saturated carbocycles. The van der Waals surface area contributed by atoms with Gasteiger partial charge in [0, 0.05) is 0 Å². The number of hydrogen-bond acceptors (Lipinski definition) is 0. The van der Waals surface area contributed by atoms with Gasteiger partial charge in [0.15, 0.2) is 0 Å². The molecular weight excluding hydrogens is 110 g/mol. The van der Waals surface area contributed by atoms with Crippen LogP contribution in [0.4, 0.5) is 0 Å². The lowest BCUT2D eigenvalue weighted by atomic mass is 10.3. The van der Waals surface area contributed by atoms with Crippen LogP contribution in [0.2, 0.25) is 0 Å². The summed E-state index contributed by atoms with van der Waals surface area (Å²) in [5.74, 6) is 0.833. The highest BCUT2D eigenvalue weighted by molar-refractivity contribution is 6.80. The van der Waals surface area contributed by atoms with E-state index in [9.17, 15) is 0 Å². The molecule has 0 saturated heterocycles. The van der Waals surface area contributed by atoms with Gasteiger partial charge in [-0.25, -0.2) is 0 Å². The highest BCUT2D eigenvalue weighted by Crippen LogP contribution is 1.81.